The number of hydrogen-bond acceptors (Lipinski definition) is 2. The van der Waals surface area contributed by atoms with E-state index < -0.39 is 0 Å². The molecule has 0 spiro atoms. The topological polar surface area (TPSA) is 61.4 Å². The zero-order valence-corrected chi connectivity index (χ0v) is 18.1. The summed E-state index contributed by atoms with van der Waals surface area (Å²) in [5.74, 6) is 2.76. The molecule has 1 heterocycles. The van der Waals surface area contributed by atoms with Crippen LogP contribution in [0.1, 0.15) is 85.0 Å². The molecule has 4 rings (SSSR count). The number of fused-ring (bicyclic) bond motifs is 2. The fourth-order valence-electron chi connectivity index (χ4n) is 6.61. The van der Waals surface area contributed by atoms with E-state index in [4.69, 9.17) is 0 Å². The summed E-state index contributed by atoms with van der Waals surface area (Å²) in [4.78, 5) is 27.2. The van der Waals surface area contributed by atoms with Crippen LogP contribution in [-0.2, 0) is 4.79 Å². The molecule has 2 N–H and O–H groups in total. The second-order valence-electron chi connectivity index (χ2n) is 11.4. The molecule has 0 aromatic carbocycles. The standard InChI is InChI=1S/C23H39N3O2/c1-22(2,3)15-20(27)26-9-7-19(8-10-26)24-21(28)25-23-12-16-5-4-6-17(13-23)18(11-16)14-23/h16-19H,4-15H2,1-3H3,(H2,24,25,28). The minimum absolute atomic E-state index is 0.0279. The van der Waals surface area contributed by atoms with E-state index in [2.05, 4.69) is 31.4 Å². The van der Waals surface area contributed by atoms with Crippen molar-refractivity contribution < 1.29 is 9.59 Å². The van der Waals surface area contributed by atoms with E-state index in [0.717, 1.165) is 43.7 Å². The van der Waals surface area contributed by atoms with E-state index in [1.54, 1.807) is 0 Å². The van der Waals surface area contributed by atoms with Crippen molar-refractivity contribution in [2.45, 2.75) is 96.6 Å². The van der Waals surface area contributed by atoms with Gasteiger partial charge in [-0.1, -0.05) is 40.0 Å². The number of likely N-dealkylation sites (tertiary alicyclic amines) is 1. The Morgan fingerprint density at radius 2 is 1.71 bits per heavy atom. The monoisotopic (exact) mass is 389 g/mol. The summed E-state index contributed by atoms with van der Waals surface area (Å²) in [6.45, 7) is 7.84. The van der Waals surface area contributed by atoms with E-state index in [9.17, 15) is 9.59 Å². The van der Waals surface area contributed by atoms with E-state index in [1.165, 1.54) is 44.9 Å². The summed E-state index contributed by atoms with van der Waals surface area (Å²) in [6.07, 6.45) is 11.4. The summed E-state index contributed by atoms with van der Waals surface area (Å²) in [5, 5.41) is 6.66. The molecule has 1 aliphatic heterocycles. The molecule has 3 saturated carbocycles. The predicted octanol–water partition coefficient (Wildman–Crippen LogP) is 4.07. The molecule has 5 nitrogen and oxygen atoms in total. The maximum Gasteiger partial charge on any atom is 0.315 e. The van der Waals surface area contributed by atoms with Crippen LogP contribution in [0.3, 0.4) is 0 Å². The molecule has 4 unspecified atom stereocenters. The van der Waals surface area contributed by atoms with Gasteiger partial charge in [0.2, 0.25) is 5.91 Å². The first-order valence-corrected chi connectivity index (χ1v) is 11.6. The van der Waals surface area contributed by atoms with Gasteiger partial charge in [0, 0.05) is 31.1 Å². The molecule has 5 heteroatoms. The second-order valence-corrected chi connectivity index (χ2v) is 11.4. The Kier molecular flexibility index (Phi) is 5.39. The lowest BCUT2D eigenvalue weighted by Crippen LogP contribution is -2.56. The lowest BCUT2D eigenvalue weighted by Gasteiger charge is -2.39. The number of nitrogens with one attached hydrogen (secondary N) is 2. The van der Waals surface area contributed by atoms with E-state index >= 15 is 0 Å². The smallest absolute Gasteiger partial charge is 0.315 e. The zero-order valence-electron chi connectivity index (χ0n) is 18.1. The SMILES string of the molecule is CC(C)(C)CC(=O)N1CCC(NC(=O)NC23CC4CCCC(C2)C(C4)C3)CC1. The van der Waals surface area contributed by atoms with Crippen LogP contribution >= 0.6 is 0 Å². The van der Waals surface area contributed by atoms with Crippen LogP contribution in [-0.4, -0.2) is 41.5 Å². The van der Waals surface area contributed by atoms with Crippen LogP contribution in [0.2, 0.25) is 0 Å². The van der Waals surface area contributed by atoms with E-state index in [-0.39, 0.29) is 28.9 Å². The van der Waals surface area contributed by atoms with Gasteiger partial charge in [-0.3, -0.25) is 4.79 Å². The molecule has 0 aromatic rings. The molecule has 3 aliphatic carbocycles. The largest absolute Gasteiger partial charge is 0.343 e. The quantitative estimate of drug-likeness (QED) is 0.764. The highest BCUT2D eigenvalue weighted by Crippen LogP contribution is 2.55. The number of carbonyl (C=O) groups excluding carboxylic acids is 2. The van der Waals surface area contributed by atoms with Gasteiger partial charge < -0.3 is 15.5 Å². The third kappa shape index (κ3) is 4.49. The maximum absolute atomic E-state index is 12.8. The highest BCUT2D eigenvalue weighted by atomic mass is 16.2. The Balaban J connectivity index is 1.25. The van der Waals surface area contributed by atoms with Crippen molar-refractivity contribution in [3.63, 3.8) is 0 Å². The van der Waals surface area contributed by atoms with Crippen molar-refractivity contribution in [3.8, 4) is 0 Å². The Morgan fingerprint density at radius 1 is 1.00 bits per heavy atom. The molecule has 4 fully saturated rings. The molecule has 4 atom stereocenters. The summed E-state index contributed by atoms with van der Waals surface area (Å²) < 4.78 is 0. The third-order valence-corrected chi connectivity index (χ3v) is 7.72. The van der Waals surface area contributed by atoms with Gasteiger partial charge in [0.1, 0.15) is 0 Å². The first-order valence-electron chi connectivity index (χ1n) is 11.6. The van der Waals surface area contributed by atoms with Crippen molar-refractivity contribution in [3.05, 3.63) is 0 Å². The van der Waals surface area contributed by atoms with Gasteiger partial charge in [-0.15, -0.1) is 0 Å². The van der Waals surface area contributed by atoms with Crippen LogP contribution in [0.15, 0.2) is 0 Å². The first kappa shape index (κ1) is 20.0. The van der Waals surface area contributed by atoms with E-state index in [0.29, 0.717) is 6.42 Å². The number of nitrogens with zero attached hydrogens (tertiary/aromatic N) is 1. The summed E-state index contributed by atoms with van der Waals surface area (Å²) in [7, 11) is 0. The number of amides is 3. The zero-order chi connectivity index (χ0) is 19.9. The second kappa shape index (κ2) is 7.53. The van der Waals surface area contributed by atoms with Gasteiger partial charge in [0.25, 0.3) is 0 Å². The number of carbonyl (C=O) groups is 2. The molecular formula is C23H39N3O2. The van der Waals surface area contributed by atoms with Gasteiger partial charge >= 0.3 is 6.03 Å². The van der Waals surface area contributed by atoms with Gasteiger partial charge in [-0.25, -0.2) is 4.79 Å². The van der Waals surface area contributed by atoms with Crippen molar-refractivity contribution in [1.82, 2.24) is 15.5 Å². The lowest BCUT2D eigenvalue weighted by molar-refractivity contribution is -0.134. The summed E-state index contributed by atoms with van der Waals surface area (Å²) in [5.41, 5.74) is 0.0922. The number of rotatable bonds is 3. The molecule has 0 aromatic heterocycles. The molecule has 0 radical (unpaired) electrons. The molecule has 3 bridgehead atoms. The fourth-order valence-corrected chi connectivity index (χ4v) is 6.61. The minimum Gasteiger partial charge on any atom is -0.343 e. The van der Waals surface area contributed by atoms with Gasteiger partial charge in [0.05, 0.1) is 0 Å². The number of urea groups is 1. The van der Waals surface area contributed by atoms with Crippen molar-refractivity contribution in [1.29, 1.82) is 0 Å². The molecule has 28 heavy (non-hydrogen) atoms. The van der Waals surface area contributed by atoms with Gasteiger partial charge in [-0.05, 0) is 61.7 Å². The van der Waals surface area contributed by atoms with Crippen molar-refractivity contribution in [2.24, 2.45) is 23.2 Å². The summed E-state index contributed by atoms with van der Waals surface area (Å²) in [6, 6.07) is 0.218. The summed E-state index contributed by atoms with van der Waals surface area (Å²) >= 11 is 0. The Hall–Kier alpha value is -1.26. The first-order chi connectivity index (χ1) is 13.2. The van der Waals surface area contributed by atoms with Crippen LogP contribution in [0.5, 0.6) is 0 Å². The fraction of sp³-hybridized carbons (Fsp3) is 0.913. The third-order valence-electron chi connectivity index (χ3n) is 7.72. The highest BCUT2D eigenvalue weighted by molar-refractivity contribution is 5.77. The normalized spacial score (nSPS) is 35.5. The lowest BCUT2D eigenvalue weighted by atomic mass is 9.75. The Morgan fingerprint density at radius 3 is 2.43 bits per heavy atom. The molecule has 4 aliphatic rings. The molecule has 1 saturated heterocycles. The van der Waals surface area contributed by atoms with Crippen LogP contribution in [0.25, 0.3) is 0 Å². The van der Waals surface area contributed by atoms with Crippen molar-refractivity contribution >= 4 is 11.9 Å². The average Bonchev–Trinajstić information content (AvgIpc) is 2.73. The minimum atomic E-state index is 0.0279. The van der Waals surface area contributed by atoms with Crippen LogP contribution in [0, 0.1) is 23.2 Å². The Labute approximate surface area is 170 Å². The maximum atomic E-state index is 12.8. The molecular weight excluding hydrogens is 350 g/mol. The van der Waals surface area contributed by atoms with Crippen LogP contribution < -0.4 is 10.6 Å². The molecule has 158 valence electrons. The van der Waals surface area contributed by atoms with Crippen molar-refractivity contribution in [2.75, 3.05) is 13.1 Å². The average molecular weight is 390 g/mol. The van der Waals surface area contributed by atoms with Gasteiger partial charge in [-0.2, -0.15) is 0 Å². The Bertz CT molecular complexity index is 601. The van der Waals surface area contributed by atoms with Crippen LogP contribution in [0.4, 0.5) is 4.79 Å². The van der Waals surface area contributed by atoms with Gasteiger partial charge in [0.15, 0.2) is 0 Å². The van der Waals surface area contributed by atoms with E-state index in [1.807, 2.05) is 4.90 Å². The highest BCUT2D eigenvalue weighted by Gasteiger charge is 2.52. The molecule has 3 amide bonds. The number of hydrogen-bond donors (Lipinski definition) is 2. The number of piperidine rings is 1. The predicted molar refractivity (Wildman–Crippen MR) is 111 cm³/mol.